The molecule has 1 saturated heterocycles. The number of non-ortho nitro benzene ring substituents is 1. The fraction of sp³-hybridized carbons (Fsp3) is 0.500. The molecule has 1 unspecified atom stereocenters. The number of hydrogen-bond acceptors (Lipinski definition) is 4. The highest BCUT2D eigenvalue weighted by Gasteiger charge is 2.23. The summed E-state index contributed by atoms with van der Waals surface area (Å²) in [6, 6.07) is 6.10. The van der Waals surface area contributed by atoms with Gasteiger partial charge in [0, 0.05) is 30.8 Å². The molecule has 108 valence electrons. The molecule has 1 aromatic rings. The summed E-state index contributed by atoms with van der Waals surface area (Å²) in [4.78, 5) is 24.4. The fourth-order valence-corrected chi connectivity index (χ4v) is 2.51. The monoisotopic (exact) mass is 277 g/mol. The summed E-state index contributed by atoms with van der Waals surface area (Å²) in [7, 11) is 1.77. The molecule has 0 aromatic heterocycles. The molecule has 0 aliphatic carbocycles. The number of nitrogens with zero attached hydrogens (tertiary/aromatic N) is 2. The van der Waals surface area contributed by atoms with Crippen LogP contribution in [0.3, 0.4) is 0 Å². The Balaban J connectivity index is 2.13. The molecule has 0 spiro atoms. The number of nitro benzene ring substituents is 1. The average molecular weight is 277 g/mol. The van der Waals surface area contributed by atoms with Crippen LogP contribution >= 0.6 is 0 Å². The SMILES string of the molecule is CN(C(=O)c1cccc([N+](=O)[O-])c1)C1CCCNCC1. The van der Waals surface area contributed by atoms with Crippen molar-refractivity contribution in [1.29, 1.82) is 0 Å². The third-order valence-corrected chi connectivity index (χ3v) is 3.72. The van der Waals surface area contributed by atoms with Crippen molar-refractivity contribution in [2.45, 2.75) is 25.3 Å². The maximum Gasteiger partial charge on any atom is 0.270 e. The molecule has 1 aromatic carbocycles. The van der Waals surface area contributed by atoms with E-state index in [1.807, 2.05) is 0 Å². The highest BCUT2D eigenvalue weighted by atomic mass is 16.6. The van der Waals surface area contributed by atoms with Crippen LogP contribution in [-0.4, -0.2) is 41.9 Å². The summed E-state index contributed by atoms with van der Waals surface area (Å²) in [6.45, 7) is 1.88. The van der Waals surface area contributed by atoms with Gasteiger partial charge in [0.2, 0.25) is 0 Å². The summed E-state index contributed by atoms with van der Waals surface area (Å²) >= 11 is 0. The largest absolute Gasteiger partial charge is 0.339 e. The van der Waals surface area contributed by atoms with Gasteiger partial charge in [0.1, 0.15) is 0 Å². The number of carbonyl (C=O) groups is 1. The van der Waals surface area contributed by atoms with Crippen molar-refractivity contribution < 1.29 is 9.72 Å². The van der Waals surface area contributed by atoms with E-state index in [4.69, 9.17) is 0 Å². The van der Waals surface area contributed by atoms with E-state index in [9.17, 15) is 14.9 Å². The zero-order chi connectivity index (χ0) is 14.5. The van der Waals surface area contributed by atoms with Gasteiger partial charge in [-0.1, -0.05) is 6.07 Å². The fourth-order valence-electron chi connectivity index (χ4n) is 2.51. The second-order valence-corrected chi connectivity index (χ2v) is 5.06. The zero-order valence-corrected chi connectivity index (χ0v) is 11.5. The molecule has 20 heavy (non-hydrogen) atoms. The van der Waals surface area contributed by atoms with Gasteiger partial charge in [0.15, 0.2) is 0 Å². The third-order valence-electron chi connectivity index (χ3n) is 3.72. The van der Waals surface area contributed by atoms with E-state index in [0.29, 0.717) is 5.56 Å². The van der Waals surface area contributed by atoms with Crippen molar-refractivity contribution >= 4 is 11.6 Å². The van der Waals surface area contributed by atoms with Gasteiger partial charge in [0.25, 0.3) is 11.6 Å². The number of nitro groups is 1. The van der Waals surface area contributed by atoms with Crippen LogP contribution < -0.4 is 5.32 Å². The lowest BCUT2D eigenvalue weighted by molar-refractivity contribution is -0.384. The molecule has 6 nitrogen and oxygen atoms in total. The molecule has 1 atom stereocenters. The van der Waals surface area contributed by atoms with Gasteiger partial charge < -0.3 is 10.2 Å². The molecule has 1 heterocycles. The van der Waals surface area contributed by atoms with E-state index in [2.05, 4.69) is 5.32 Å². The molecule has 0 bridgehead atoms. The number of nitrogens with one attached hydrogen (secondary N) is 1. The molecule has 1 N–H and O–H groups in total. The Labute approximate surface area is 117 Å². The van der Waals surface area contributed by atoms with Crippen LogP contribution in [0, 0.1) is 10.1 Å². The van der Waals surface area contributed by atoms with Gasteiger partial charge in [-0.05, 0) is 38.4 Å². The number of hydrogen-bond donors (Lipinski definition) is 1. The number of amides is 1. The molecule has 2 rings (SSSR count). The molecular formula is C14H19N3O3. The zero-order valence-electron chi connectivity index (χ0n) is 11.5. The first kappa shape index (κ1) is 14.5. The van der Waals surface area contributed by atoms with E-state index in [1.54, 1.807) is 24.1 Å². The minimum absolute atomic E-state index is 0.0493. The summed E-state index contributed by atoms with van der Waals surface area (Å²) in [5.41, 5.74) is 0.325. The second kappa shape index (κ2) is 6.47. The van der Waals surface area contributed by atoms with Crippen molar-refractivity contribution in [2.75, 3.05) is 20.1 Å². The minimum Gasteiger partial charge on any atom is -0.339 e. The van der Waals surface area contributed by atoms with Gasteiger partial charge in [-0.15, -0.1) is 0 Å². The lowest BCUT2D eigenvalue weighted by atomic mass is 10.1. The molecule has 1 amide bonds. The quantitative estimate of drug-likeness (QED) is 0.675. The normalized spacial score (nSPS) is 19.1. The standard InChI is InChI=1S/C14H19N3O3/c1-16(12-6-3-8-15-9-7-12)14(18)11-4-2-5-13(10-11)17(19)20/h2,4-5,10,12,15H,3,6-9H2,1H3. The minimum atomic E-state index is -0.480. The van der Waals surface area contributed by atoms with E-state index >= 15 is 0 Å². The smallest absolute Gasteiger partial charge is 0.270 e. The van der Waals surface area contributed by atoms with Gasteiger partial charge in [-0.25, -0.2) is 0 Å². The van der Waals surface area contributed by atoms with Crippen molar-refractivity contribution in [3.63, 3.8) is 0 Å². The van der Waals surface area contributed by atoms with Crippen LogP contribution in [0.1, 0.15) is 29.6 Å². The van der Waals surface area contributed by atoms with E-state index in [1.165, 1.54) is 12.1 Å². The summed E-state index contributed by atoms with van der Waals surface area (Å²) < 4.78 is 0. The van der Waals surface area contributed by atoms with Gasteiger partial charge in [-0.2, -0.15) is 0 Å². The van der Waals surface area contributed by atoms with E-state index in [-0.39, 0.29) is 17.6 Å². The molecular weight excluding hydrogens is 258 g/mol. The Morgan fingerprint density at radius 3 is 2.95 bits per heavy atom. The lowest BCUT2D eigenvalue weighted by Crippen LogP contribution is -2.37. The second-order valence-electron chi connectivity index (χ2n) is 5.06. The third kappa shape index (κ3) is 3.33. The number of benzene rings is 1. The Morgan fingerprint density at radius 2 is 2.20 bits per heavy atom. The molecule has 1 aliphatic heterocycles. The van der Waals surface area contributed by atoms with E-state index in [0.717, 1.165) is 32.4 Å². The average Bonchev–Trinajstić information content (AvgIpc) is 2.75. The molecule has 6 heteroatoms. The lowest BCUT2D eigenvalue weighted by Gasteiger charge is -2.27. The highest BCUT2D eigenvalue weighted by molar-refractivity contribution is 5.94. The maximum atomic E-state index is 12.4. The Bertz CT molecular complexity index is 496. The number of carbonyl (C=O) groups excluding carboxylic acids is 1. The maximum absolute atomic E-state index is 12.4. The summed E-state index contributed by atoms with van der Waals surface area (Å²) in [6.07, 6.45) is 2.92. The van der Waals surface area contributed by atoms with Crippen LogP contribution in [0.5, 0.6) is 0 Å². The Morgan fingerprint density at radius 1 is 1.40 bits per heavy atom. The van der Waals surface area contributed by atoms with Gasteiger partial charge in [-0.3, -0.25) is 14.9 Å². The van der Waals surface area contributed by atoms with Crippen molar-refractivity contribution in [3.8, 4) is 0 Å². The van der Waals surface area contributed by atoms with Gasteiger partial charge >= 0.3 is 0 Å². The molecule has 1 fully saturated rings. The first-order valence-electron chi connectivity index (χ1n) is 6.82. The molecule has 0 saturated carbocycles. The van der Waals surface area contributed by atoms with Crippen LogP contribution in [0.4, 0.5) is 5.69 Å². The van der Waals surface area contributed by atoms with Crippen LogP contribution in [0.15, 0.2) is 24.3 Å². The Kier molecular flexibility index (Phi) is 4.68. The van der Waals surface area contributed by atoms with Crippen LogP contribution in [0.25, 0.3) is 0 Å². The van der Waals surface area contributed by atoms with Gasteiger partial charge in [0.05, 0.1) is 4.92 Å². The number of rotatable bonds is 3. The summed E-state index contributed by atoms with van der Waals surface area (Å²) in [5.74, 6) is -0.152. The van der Waals surface area contributed by atoms with Crippen molar-refractivity contribution in [2.24, 2.45) is 0 Å². The van der Waals surface area contributed by atoms with Crippen LogP contribution in [0.2, 0.25) is 0 Å². The van der Waals surface area contributed by atoms with Crippen molar-refractivity contribution in [1.82, 2.24) is 10.2 Å². The predicted molar refractivity (Wildman–Crippen MR) is 75.7 cm³/mol. The molecule has 0 radical (unpaired) electrons. The van der Waals surface area contributed by atoms with E-state index < -0.39 is 4.92 Å². The predicted octanol–water partition coefficient (Wildman–Crippen LogP) is 1.81. The first-order valence-corrected chi connectivity index (χ1v) is 6.82. The highest BCUT2D eigenvalue weighted by Crippen LogP contribution is 2.18. The van der Waals surface area contributed by atoms with Crippen molar-refractivity contribution in [3.05, 3.63) is 39.9 Å². The molecule has 1 aliphatic rings. The first-order chi connectivity index (χ1) is 9.59. The van der Waals surface area contributed by atoms with Crippen LogP contribution in [-0.2, 0) is 0 Å². The Hall–Kier alpha value is -1.95. The summed E-state index contributed by atoms with van der Waals surface area (Å²) in [5, 5.41) is 14.1. The topological polar surface area (TPSA) is 75.5 Å².